The lowest BCUT2D eigenvalue weighted by atomic mass is 9.91. The van der Waals surface area contributed by atoms with Gasteiger partial charge in [-0.25, -0.2) is 0 Å². The van der Waals surface area contributed by atoms with Gasteiger partial charge in [0.05, 0.1) is 7.11 Å². The lowest BCUT2D eigenvalue weighted by Crippen LogP contribution is -2.25. The Morgan fingerprint density at radius 1 is 1.43 bits per heavy atom. The molecule has 1 atom stereocenters. The van der Waals surface area contributed by atoms with Crippen LogP contribution >= 0.6 is 0 Å². The van der Waals surface area contributed by atoms with Crippen molar-refractivity contribution in [3.05, 3.63) is 34.9 Å². The molecule has 1 aliphatic carbocycles. The second kappa shape index (κ2) is 5.35. The second-order valence-electron chi connectivity index (χ2n) is 5.74. The van der Waals surface area contributed by atoms with E-state index in [0.717, 1.165) is 29.7 Å². The van der Waals surface area contributed by atoms with Crippen molar-refractivity contribution in [3.8, 4) is 5.75 Å². The van der Waals surface area contributed by atoms with Gasteiger partial charge in [0.2, 0.25) is 5.91 Å². The van der Waals surface area contributed by atoms with Gasteiger partial charge in [0, 0.05) is 18.5 Å². The van der Waals surface area contributed by atoms with Gasteiger partial charge in [-0.2, -0.15) is 0 Å². The molecule has 0 bridgehead atoms. The molecule has 0 spiro atoms. The molecule has 1 aliphatic heterocycles. The van der Waals surface area contributed by atoms with E-state index in [2.05, 4.69) is 5.32 Å². The molecule has 4 heteroatoms. The smallest absolute Gasteiger partial charge is 0.247 e. The summed E-state index contributed by atoms with van der Waals surface area (Å²) in [5.41, 5.74) is 4.03. The van der Waals surface area contributed by atoms with E-state index in [1.54, 1.807) is 7.11 Å². The Kier molecular flexibility index (Phi) is 3.53. The topological polar surface area (TPSA) is 55.4 Å². The summed E-state index contributed by atoms with van der Waals surface area (Å²) in [6.07, 6.45) is 2.04. The van der Waals surface area contributed by atoms with Gasteiger partial charge in [-0.1, -0.05) is 6.07 Å². The van der Waals surface area contributed by atoms with Gasteiger partial charge in [-0.05, 0) is 54.5 Å². The Morgan fingerprint density at radius 3 is 2.95 bits per heavy atom. The molecule has 0 fully saturated rings. The number of nitrogens with one attached hydrogen (secondary N) is 1. The number of carbonyl (C=O) groups is 2. The number of hydrogen-bond donors (Lipinski definition) is 1. The van der Waals surface area contributed by atoms with Crippen LogP contribution in [0.1, 0.15) is 30.9 Å². The number of ketones is 1. The van der Waals surface area contributed by atoms with Crippen LogP contribution in [0, 0.1) is 5.92 Å². The van der Waals surface area contributed by atoms with Crippen molar-refractivity contribution < 1.29 is 14.3 Å². The van der Waals surface area contributed by atoms with E-state index in [1.807, 2.05) is 18.2 Å². The van der Waals surface area contributed by atoms with Gasteiger partial charge in [0.15, 0.2) is 0 Å². The van der Waals surface area contributed by atoms with Gasteiger partial charge in [0.1, 0.15) is 11.5 Å². The molecular formula is C17H19NO3. The molecule has 1 N–H and O–H groups in total. The highest BCUT2D eigenvalue weighted by molar-refractivity contribution is 6.06. The van der Waals surface area contributed by atoms with Crippen LogP contribution in [0.5, 0.6) is 5.75 Å². The van der Waals surface area contributed by atoms with Crippen LogP contribution in [0.3, 0.4) is 0 Å². The molecule has 0 saturated carbocycles. The highest BCUT2D eigenvalue weighted by Crippen LogP contribution is 2.43. The molecular weight excluding hydrogens is 266 g/mol. The van der Waals surface area contributed by atoms with Crippen molar-refractivity contribution in [1.82, 2.24) is 5.32 Å². The van der Waals surface area contributed by atoms with Gasteiger partial charge in [-0.3, -0.25) is 9.59 Å². The van der Waals surface area contributed by atoms with Gasteiger partial charge < -0.3 is 10.1 Å². The summed E-state index contributed by atoms with van der Waals surface area (Å²) >= 11 is 0. The summed E-state index contributed by atoms with van der Waals surface area (Å²) in [5.74, 6) is 1.09. The molecule has 1 aromatic rings. The number of rotatable bonds is 3. The second-order valence-corrected chi connectivity index (χ2v) is 5.74. The molecule has 4 nitrogen and oxygen atoms in total. The maximum absolute atomic E-state index is 12.3. The van der Waals surface area contributed by atoms with Crippen molar-refractivity contribution in [2.24, 2.45) is 5.92 Å². The number of amides is 1. The van der Waals surface area contributed by atoms with Crippen molar-refractivity contribution in [2.45, 2.75) is 26.2 Å². The molecule has 21 heavy (non-hydrogen) atoms. The van der Waals surface area contributed by atoms with Crippen LogP contribution in [0.2, 0.25) is 0 Å². The standard InChI is InChI=1S/C17H19NO3/c1-10(19)7-15-16-11(5-6-18-17(15)20)8-12-9-13(21-2)3-4-14(12)16/h3-4,9,11H,5-8H2,1-2H3,(H,18,20). The monoisotopic (exact) mass is 285 g/mol. The van der Waals surface area contributed by atoms with E-state index in [-0.39, 0.29) is 18.1 Å². The Labute approximate surface area is 124 Å². The predicted octanol–water partition coefficient (Wildman–Crippen LogP) is 2.12. The molecule has 3 rings (SSSR count). The first-order valence-electron chi connectivity index (χ1n) is 7.28. The number of allylic oxidation sites excluding steroid dienone is 1. The minimum atomic E-state index is -0.0913. The maximum Gasteiger partial charge on any atom is 0.247 e. The summed E-state index contributed by atoms with van der Waals surface area (Å²) in [7, 11) is 1.66. The molecule has 1 amide bonds. The fourth-order valence-electron chi connectivity index (χ4n) is 3.38. The summed E-state index contributed by atoms with van der Waals surface area (Å²) in [5, 5.41) is 2.91. The van der Waals surface area contributed by atoms with Crippen LogP contribution in [0.4, 0.5) is 0 Å². The molecule has 0 radical (unpaired) electrons. The number of benzene rings is 1. The summed E-state index contributed by atoms with van der Waals surface area (Å²) in [6.45, 7) is 2.20. The summed E-state index contributed by atoms with van der Waals surface area (Å²) in [4.78, 5) is 23.8. The minimum Gasteiger partial charge on any atom is -0.497 e. The largest absolute Gasteiger partial charge is 0.497 e. The molecule has 0 aromatic heterocycles. The molecule has 110 valence electrons. The van der Waals surface area contributed by atoms with Gasteiger partial charge in [-0.15, -0.1) is 0 Å². The Bertz CT molecular complexity index is 645. The zero-order valence-corrected chi connectivity index (χ0v) is 12.4. The summed E-state index contributed by atoms with van der Waals surface area (Å²) in [6, 6.07) is 5.98. The van der Waals surface area contributed by atoms with Crippen LogP contribution in [0.25, 0.3) is 5.57 Å². The Morgan fingerprint density at radius 2 is 2.24 bits per heavy atom. The fourth-order valence-corrected chi connectivity index (χ4v) is 3.38. The molecule has 1 aromatic carbocycles. The van der Waals surface area contributed by atoms with E-state index in [1.165, 1.54) is 12.5 Å². The first-order valence-corrected chi connectivity index (χ1v) is 7.28. The first-order chi connectivity index (χ1) is 10.1. The van der Waals surface area contributed by atoms with E-state index in [0.29, 0.717) is 18.0 Å². The predicted molar refractivity (Wildman–Crippen MR) is 80.0 cm³/mol. The highest BCUT2D eigenvalue weighted by Gasteiger charge is 2.33. The van der Waals surface area contributed by atoms with Crippen molar-refractivity contribution >= 4 is 17.3 Å². The molecule has 0 saturated heterocycles. The lowest BCUT2D eigenvalue weighted by Gasteiger charge is -2.12. The van der Waals surface area contributed by atoms with Crippen LogP contribution in [-0.4, -0.2) is 25.3 Å². The van der Waals surface area contributed by atoms with E-state index >= 15 is 0 Å². The zero-order chi connectivity index (χ0) is 15.0. The first kappa shape index (κ1) is 13.9. The average molecular weight is 285 g/mol. The number of carbonyl (C=O) groups excluding carboxylic acids is 2. The Balaban J connectivity index is 2.14. The normalized spacial score (nSPS) is 20.5. The number of hydrogen-bond acceptors (Lipinski definition) is 3. The van der Waals surface area contributed by atoms with Crippen LogP contribution < -0.4 is 10.1 Å². The molecule has 1 heterocycles. The summed E-state index contributed by atoms with van der Waals surface area (Å²) < 4.78 is 5.28. The Hall–Kier alpha value is -2.10. The van der Waals surface area contributed by atoms with Gasteiger partial charge in [0.25, 0.3) is 0 Å². The van der Waals surface area contributed by atoms with E-state index in [9.17, 15) is 9.59 Å². The number of methoxy groups -OCH3 is 1. The minimum absolute atomic E-state index is 0.0234. The number of fused-ring (bicyclic) bond motifs is 3. The van der Waals surface area contributed by atoms with Crippen LogP contribution in [0.15, 0.2) is 23.8 Å². The lowest BCUT2D eigenvalue weighted by molar-refractivity contribution is -0.120. The SMILES string of the molecule is COc1ccc2c(c1)CC1CCNC(=O)C(CC(C)=O)=C21. The third kappa shape index (κ3) is 2.46. The van der Waals surface area contributed by atoms with Gasteiger partial charge >= 0.3 is 0 Å². The van der Waals surface area contributed by atoms with E-state index in [4.69, 9.17) is 4.74 Å². The maximum atomic E-state index is 12.3. The number of ether oxygens (including phenoxy) is 1. The fraction of sp³-hybridized carbons (Fsp3) is 0.412. The van der Waals surface area contributed by atoms with Crippen molar-refractivity contribution in [1.29, 1.82) is 0 Å². The third-order valence-electron chi connectivity index (χ3n) is 4.28. The molecule has 2 aliphatic rings. The van der Waals surface area contributed by atoms with E-state index < -0.39 is 0 Å². The van der Waals surface area contributed by atoms with Crippen LogP contribution in [-0.2, 0) is 16.0 Å². The quantitative estimate of drug-likeness (QED) is 0.925. The van der Waals surface area contributed by atoms with Crippen molar-refractivity contribution in [2.75, 3.05) is 13.7 Å². The third-order valence-corrected chi connectivity index (χ3v) is 4.28. The van der Waals surface area contributed by atoms with Crippen molar-refractivity contribution in [3.63, 3.8) is 0 Å². The average Bonchev–Trinajstić information content (AvgIpc) is 2.74. The number of Topliss-reactive ketones (excluding diaryl/α,β-unsaturated/α-hetero) is 1. The zero-order valence-electron chi connectivity index (χ0n) is 12.4. The molecule has 1 unspecified atom stereocenters. The highest BCUT2D eigenvalue weighted by atomic mass is 16.5.